The van der Waals surface area contributed by atoms with E-state index in [1.54, 1.807) is 0 Å². The third-order valence-corrected chi connectivity index (χ3v) is 5.71. The zero-order valence-corrected chi connectivity index (χ0v) is 16.1. The number of amides is 1. The number of benzene rings is 5. The first-order valence-electron chi connectivity index (χ1n) is 9.93. The second-order valence-corrected chi connectivity index (χ2v) is 7.59. The van der Waals surface area contributed by atoms with Gasteiger partial charge in [0.15, 0.2) is 0 Å². The van der Waals surface area contributed by atoms with Crippen molar-refractivity contribution in [2.75, 3.05) is 0 Å². The van der Waals surface area contributed by atoms with Crippen LogP contribution in [-0.4, -0.2) is 11.9 Å². The van der Waals surface area contributed by atoms with Crippen LogP contribution in [0.5, 0.6) is 0 Å². The topological polar surface area (TPSA) is 55.1 Å². The predicted octanol–water partition coefficient (Wildman–Crippen LogP) is 4.77. The summed E-state index contributed by atoms with van der Waals surface area (Å²) in [4.78, 5) is 12.6. The third kappa shape index (κ3) is 3.20. The van der Waals surface area contributed by atoms with Crippen LogP contribution in [0, 0.1) is 0 Å². The van der Waals surface area contributed by atoms with E-state index < -0.39 is 6.04 Å². The molecule has 3 heteroatoms. The highest BCUT2D eigenvalue weighted by Crippen LogP contribution is 2.35. The Balaban J connectivity index is 1.42. The molecule has 1 amide bonds. The van der Waals surface area contributed by atoms with E-state index in [9.17, 15) is 4.79 Å². The van der Waals surface area contributed by atoms with E-state index in [0.717, 1.165) is 11.1 Å². The van der Waals surface area contributed by atoms with Crippen molar-refractivity contribution in [3.05, 3.63) is 96.1 Å². The van der Waals surface area contributed by atoms with Gasteiger partial charge in [-0.05, 0) is 49.9 Å². The third-order valence-electron chi connectivity index (χ3n) is 5.71. The number of nitrogens with two attached hydrogens (primary N) is 1. The van der Waals surface area contributed by atoms with Crippen molar-refractivity contribution in [1.82, 2.24) is 5.32 Å². The van der Waals surface area contributed by atoms with Gasteiger partial charge in [-0.15, -0.1) is 0 Å². The van der Waals surface area contributed by atoms with Crippen LogP contribution in [0.1, 0.15) is 11.1 Å². The number of carbonyl (C=O) groups excluding carboxylic acids is 1. The number of hydrogen-bond donors (Lipinski definition) is 2. The van der Waals surface area contributed by atoms with Crippen molar-refractivity contribution < 1.29 is 4.79 Å². The van der Waals surface area contributed by atoms with Gasteiger partial charge >= 0.3 is 0 Å². The molecule has 1 atom stereocenters. The molecule has 0 radical (unpaired) electrons. The Kier molecular flexibility index (Phi) is 4.38. The average molecular weight is 378 g/mol. The van der Waals surface area contributed by atoms with Crippen molar-refractivity contribution in [2.45, 2.75) is 19.0 Å². The fourth-order valence-corrected chi connectivity index (χ4v) is 4.22. The van der Waals surface area contributed by atoms with E-state index >= 15 is 0 Å². The summed E-state index contributed by atoms with van der Waals surface area (Å²) in [6, 6.07) is 28.6. The highest BCUT2D eigenvalue weighted by molar-refractivity contribution is 6.23. The first-order chi connectivity index (χ1) is 14.2. The lowest BCUT2D eigenvalue weighted by molar-refractivity contribution is -0.122. The highest BCUT2D eigenvalue weighted by Gasteiger charge is 2.15. The monoisotopic (exact) mass is 378 g/mol. The number of nitrogens with one attached hydrogen (secondary N) is 1. The van der Waals surface area contributed by atoms with Crippen LogP contribution in [0.15, 0.2) is 84.9 Å². The average Bonchev–Trinajstić information content (AvgIpc) is 2.77. The molecule has 3 nitrogen and oxygen atoms in total. The second kappa shape index (κ2) is 7.19. The molecular formula is C26H22N2O. The molecule has 5 rings (SSSR count). The van der Waals surface area contributed by atoms with Gasteiger partial charge in [0, 0.05) is 6.54 Å². The Morgan fingerprint density at radius 2 is 1.41 bits per heavy atom. The van der Waals surface area contributed by atoms with E-state index in [-0.39, 0.29) is 5.91 Å². The van der Waals surface area contributed by atoms with E-state index in [1.807, 2.05) is 30.3 Å². The summed E-state index contributed by atoms with van der Waals surface area (Å²) in [7, 11) is 0. The first kappa shape index (κ1) is 17.7. The molecular weight excluding hydrogens is 356 g/mol. The van der Waals surface area contributed by atoms with Gasteiger partial charge in [0.05, 0.1) is 6.04 Å². The molecule has 0 aromatic heterocycles. The maximum Gasteiger partial charge on any atom is 0.237 e. The standard InChI is InChI=1S/C26H22N2O/c27-23(15-17-5-2-1-3-6-17)26(29)28-16-21-12-11-20-10-9-18-7-4-8-19-13-14-22(21)25(20)24(18)19/h1-14,23H,15-16,27H2,(H,28,29). The highest BCUT2D eigenvalue weighted by atomic mass is 16.2. The van der Waals surface area contributed by atoms with Gasteiger partial charge in [0.1, 0.15) is 0 Å². The normalized spacial score (nSPS) is 12.6. The lowest BCUT2D eigenvalue weighted by Crippen LogP contribution is -2.41. The van der Waals surface area contributed by atoms with E-state index in [2.05, 4.69) is 59.9 Å². The molecule has 0 fully saturated rings. The lowest BCUT2D eigenvalue weighted by Gasteiger charge is -2.16. The smallest absolute Gasteiger partial charge is 0.237 e. The van der Waals surface area contributed by atoms with Crippen molar-refractivity contribution in [1.29, 1.82) is 0 Å². The lowest BCUT2D eigenvalue weighted by atomic mass is 9.92. The molecule has 0 heterocycles. The molecule has 142 valence electrons. The Morgan fingerprint density at radius 3 is 2.17 bits per heavy atom. The maximum atomic E-state index is 12.6. The summed E-state index contributed by atoms with van der Waals surface area (Å²) in [6.07, 6.45) is 0.533. The minimum Gasteiger partial charge on any atom is -0.351 e. The Labute approximate surface area is 169 Å². The predicted molar refractivity (Wildman–Crippen MR) is 120 cm³/mol. The summed E-state index contributed by atoms with van der Waals surface area (Å²) in [5.74, 6) is -0.125. The number of rotatable bonds is 5. The summed E-state index contributed by atoms with van der Waals surface area (Å²) >= 11 is 0. The molecule has 29 heavy (non-hydrogen) atoms. The zero-order chi connectivity index (χ0) is 19.8. The van der Waals surface area contributed by atoms with E-state index in [0.29, 0.717) is 13.0 Å². The van der Waals surface area contributed by atoms with Crippen molar-refractivity contribution in [3.63, 3.8) is 0 Å². The molecule has 3 N–H and O–H groups in total. The molecule has 0 aliphatic rings. The van der Waals surface area contributed by atoms with Gasteiger partial charge in [0.2, 0.25) is 5.91 Å². The summed E-state index contributed by atoms with van der Waals surface area (Å²) < 4.78 is 0. The molecule has 0 saturated heterocycles. The van der Waals surface area contributed by atoms with Crippen LogP contribution in [0.2, 0.25) is 0 Å². The van der Waals surface area contributed by atoms with Gasteiger partial charge < -0.3 is 11.1 Å². The molecule has 0 aliphatic heterocycles. The number of hydrogen-bond acceptors (Lipinski definition) is 2. The van der Waals surface area contributed by atoms with Crippen molar-refractivity contribution >= 4 is 38.2 Å². The van der Waals surface area contributed by atoms with Crippen LogP contribution in [0.25, 0.3) is 32.3 Å². The van der Waals surface area contributed by atoms with Crippen LogP contribution < -0.4 is 11.1 Å². The summed E-state index contributed by atoms with van der Waals surface area (Å²) in [5, 5.41) is 10.5. The molecule has 5 aromatic rings. The SMILES string of the molecule is NC(Cc1ccccc1)C(=O)NCc1ccc2ccc3cccc4ccc1c2c34. The summed E-state index contributed by atoms with van der Waals surface area (Å²) in [6.45, 7) is 0.468. The fourth-order valence-electron chi connectivity index (χ4n) is 4.22. The Morgan fingerprint density at radius 1 is 0.759 bits per heavy atom. The maximum absolute atomic E-state index is 12.6. The molecule has 1 unspecified atom stereocenters. The van der Waals surface area contributed by atoms with Crippen LogP contribution in [0.4, 0.5) is 0 Å². The largest absolute Gasteiger partial charge is 0.351 e. The van der Waals surface area contributed by atoms with E-state index in [1.165, 1.54) is 32.3 Å². The molecule has 0 spiro atoms. The molecule has 0 bridgehead atoms. The summed E-state index contributed by atoms with van der Waals surface area (Å²) in [5.41, 5.74) is 8.31. The quantitative estimate of drug-likeness (QED) is 0.433. The van der Waals surface area contributed by atoms with E-state index in [4.69, 9.17) is 5.73 Å². The van der Waals surface area contributed by atoms with Crippen LogP contribution in [-0.2, 0) is 17.8 Å². The van der Waals surface area contributed by atoms with Gasteiger partial charge in [0.25, 0.3) is 0 Å². The van der Waals surface area contributed by atoms with Gasteiger partial charge in [-0.3, -0.25) is 4.79 Å². The van der Waals surface area contributed by atoms with Crippen molar-refractivity contribution in [2.24, 2.45) is 5.73 Å². The van der Waals surface area contributed by atoms with Gasteiger partial charge in [-0.1, -0.05) is 84.9 Å². The minimum atomic E-state index is -0.558. The second-order valence-electron chi connectivity index (χ2n) is 7.59. The van der Waals surface area contributed by atoms with Crippen molar-refractivity contribution in [3.8, 4) is 0 Å². The zero-order valence-electron chi connectivity index (χ0n) is 16.1. The minimum absolute atomic E-state index is 0.125. The fraction of sp³-hybridized carbons (Fsp3) is 0.115. The number of carbonyl (C=O) groups is 1. The molecule has 5 aromatic carbocycles. The van der Waals surface area contributed by atoms with Crippen LogP contribution in [0.3, 0.4) is 0 Å². The van der Waals surface area contributed by atoms with Crippen LogP contribution >= 0.6 is 0 Å². The Bertz CT molecular complexity index is 1290. The molecule has 0 saturated carbocycles. The van der Waals surface area contributed by atoms with Gasteiger partial charge in [-0.25, -0.2) is 0 Å². The van der Waals surface area contributed by atoms with Gasteiger partial charge in [-0.2, -0.15) is 0 Å². The Hall–Kier alpha value is -3.43. The molecule has 0 aliphatic carbocycles. The first-order valence-corrected chi connectivity index (χ1v) is 9.93.